The lowest BCUT2D eigenvalue weighted by molar-refractivity contribution is -0.143. The Kier molecular flexibility index (Phi) is 7.08. The van der Waals surface area contributed by atoms with Crippen molar-refractivity contribution >= 4 is 56.1 Å². The first kappa shape index (κ1) is 24.7. The van der Waals surface area contributed by atoms with E-state index >= 15 is 0 Å². The monoisotopic (exact) mass is 519 g/mol. The molecule has 0 saturated heterocycles. The van der Waals surface area contributed by atoms with Gasteiger partial charge in [0.2, 0.25) is 0 Å². The SMILES string of the molecule is CCOC(=O)CCN(C(=O)c1sc2nc(-c3cccs3)ccc2c1N)c1cccc(C(F)(F)F)c1. The Labute approximate surface area is 206 Å². The standard InChI is InChI=1S/C24H20F3N3O3S2/c1-2-33-19(31)10-11-30(15-6-3-5-14(13-15)24(25,26)27)23(32)21-20(28)16-8-9-17(29-22(16)35-21)18-7-4-12-34-18/h3-9,12-13H,2,10-11,28H2,1H3. The van der Waals surface area contributed by atoms with E-state index in [1.165, 1.54) is 23.5 Å². The number of nitrogens with two attached hydrogens (primary N) is 1. The van der Waals surface area contributed by atoms with Crippen molar-refractivity contribution in [1.82, 2.24) is 4.98 Å². The van der Waals surface area contributed by atoms with E-state index in [9.17, 15) is 22.8 Å². The first-order valence-electron chi connectivity index (χ1n) is 10.6. The molecule has 0 saturated carbocycles. The number of carbonyl (C=O) groups is 2. The van der Waals surface area contributed by atoms with Crippen LogP contribution in [0.5, 0.6) is 0 Å². The van der Waals surface area contributed by atoms with E-state index in [1.807, 2.05) is 17.5 Å². The van der Waals surface area contributed by atoms with Gasteiger partial charge in [-0.3, -0.25) is 9.59 Å². The Balaban J connectivity index is 1.73. The van der Waals surface area contributed by atoms with Gasteiger partial charge in [-0.2, -0.15) is 13.2 Å². The summed E-state index contributed by atoms with van der Waals surface area (Å²) in [7, 11) is 0. The predicted octanol–water partition coefficient (Wildman–Crippen LogP) is 6.23. The van der Waals surface area contributed by atoms with Gasteiger partial charge in [-0.05, 0) is 48.7 Å². The molecule has 0 unspecified atom stereocenters. The molecule has 1 aromatic carbocycles. The summed E-state index contributed by atoms with van der Waals surface area (Å²) < 4.78 is 44.9. The number of rotatable bonds is 7. The molecule has 3 heterocycles. The second kappa shape index (κ2) is 10.0. The van der Waals surface area contributed by atoms with Crippen LogP contribution in [-0.2, 0) is 15.7 Å². The molecule has 0 atom stereocenters. The molecular weight excluding hydrogens is 499 g/mol. The van der Waals surface area contributed by atoms with Crippen LogP contribution in [0.15, 0.2) is 53.9 Å². The number of amides is 1. The van der Waals surface area contributed by atoms with Crippen molar-refractivity contribution < 1.29 is 27.5 Å². The maximum Gasteiger partial charge on any atom is 0.416 e. The average molecular weight is 520 g/mol. The van der Waals surface area contributed by atoms with Crippen molar-refractivity contribution in [2.75, 3.05) is 23.8 Å². The number of ether oxygens (including phenoxy) is 1. The molecule has 4 rings (SSSR count). The number of thiophene rings is 2. The molecule has 0 fully saturated rings. The number of aromatic nitrogens is 1. The highest BCUT2D eigenvalue weighted by Gasteiger charge is 2.32. The fourth-order valence-electron chi connectivity index (χ4n) is 3.47. The van der Waals surface area contributed by atoms with Crippen LogP contribution in [0.2, 0.25) is 0 Å². The number of halogens is 3. The molecule has 0 aliphatic rings. The summed E-state index contributed by atoms with van der Waals surface area (Å²) in [4.78, 5) is 32.9. The lowest BCUT2D eigenvalue weighted by atomic mass is 10.1. The number of nitrogen functional groups attached to an aromatic ring is 1. The molecule has 0 aliphatic carbocycles. The first-order chi connectivity index (χ1) is 16.7. The smallest absolute Gasteiger partial charge is 0.416 e. The summed E-state index contributed by atoms with van der Waals surface area (Å²) >= 11 is 2.58. The summed E-state index contributed by atoms with van der Waals surface area (Å²) in [6, 6.07) is 11.8. The summed E-state index contributed by atoms with van der Waals surface area (Å²) in [5.41, 5.74) is 6.29. The van der Waals surface area contributed by atoms with Gasteiger partial charge in [-0.25, -0.2) is 4.98 Å². The Hall–Kier alpha value is -3.44. The number of alkyl halides is 3. The molecule has 182 valence electrons. The number of esters is 1. The van der Waals surface area contributed by atoms with E-state index in [0.717, 1.165) is 38.9 Å². The van der Waals surface area contributed by atoms with Crippen LogP contribution in [0, 0.1) is 0 Å². The number of hydrogen-bond donors (Lipinski definition) is 1. The molecule has 0 aliphatic heterocycles. The third-order valence-electron chi connectivity index (χ3n) is 5.14. The van der Waals surface area contributed by atoms with Gasteiger partial charge in [-0.1, -0.05) is 12.1 Å². The van der Waals surface area contributed by atoms with Crippen LogP contribution in [0.3, 0.4) is 0 Å². The minimum absolute atomic E-state index is 0.00165. The number of anilines is 2. The van der Waals surface area contributed by atoms with Crippen molar-refractivity contribution in [2.24, 2.45) is 0 Å². The zero-order valence-corrected chi connectivity index (χ0v) is 20.1. The Morgan fingerprint density at radius 1 is 1.14 bits per heavy atom. The maximum atomic E-state index is 13.6. The van der Waals surface area contributed by atoms with Crippen molar-refractivity contribution in [3.05, 3.63) is 64.4 Å². The molecular formula is C24H20F3N3O3S2. The van der Waals surface area contributed by atoms with E-state index in [4.69, 9.17) is 10.5 Å². The van der Waals surface area contributed by atoms with Crippen LogP contribution >= 0.6 is 22.7 Å². The fourth-order valence-corrected chi connectivity index (χ4v) is 5.21. The Morgan fingerprint density at radius 3 is 2.63 bits per heavy atom. The third-order valence-corrected chi connectivity index (χ3v) is 7.13. The second-order valence-electron chi connectivity index (χ2n) is 7.43. The summed E-state index contributed by atoms with van der Waals surface area (Å²) in [6.45, 7) is 1.61. The number of pyridine rings is 1. The van der Waals surface area contributed by atoms with Gasteiger partial charge in [0, 0.05) is 17.6 Å². The van der Waals surface area contributed by atoms with Gasteiger partial charge in [-0.15, -0.1) is 22.7 Å². The molecule has 1 amide bonds. The van der Waals surface area contributed by atoms with E-state index in [1.54, 1.807) is 19.1 Å². The van der Waals surface area contributed by atoms with E-state index in [-0.39, 0.29) is 35.8 Å². The molecule has 0 bridgehead atoms. The van der Waals surface area contributed by atoms with Gasteiger partial charge in [0.15, 0.2) is 0 Å². The highest BCUT2D eigenvalue weighted by atomic mass is 32.1. The van der Waals surface area contributed by atoms with Gasteiger partial charge in [0.25, 0.3) is 5.91 Å². The van der Waals surface area contributed by atoms with E-state index < -0.39 is 23.6 Å². The van der Waals surface area contributed by atoms with Gasteiger partial charge in [0.05, 0.1) is 34.8 Å². The highest BCUT2D eigenvalue weighted by molar-refractivity contribution is 7.21. The van der Waals surface area contributed by atoms with Gasteiger partial charge >= 0.3 is 12.1 Å². The van der Waals surface area contributed by atoms with Crippen LogP contribution in [0.25, 0.3) is 20.8 Å². The quantitative estimate of drug-likeness (QED) is 0.293. The number of carbonyl (C=O) groups excluding carboxylic acids is 2. The summed E-state index contributed by atoms with van der Waals surface area (Å²) in [5.74, 6) is -1.18. The number of benzene rings is 1. The van der Waals surface area contributed by atoms with Gasteiger partial charge < -0.3 is 15.4 Å². The molecule has 0 radical (unpaired) electrons. The highest BCUT2D eigenvalue weighted by Crippen LogP contribution is 2.37. The minimum Gasteiger partial charge on any atom is -0.466 e. The Bertz CT molecular complexity index is 1370. The van der Waals surface area contributed by atoms with Crippen LogP contribution in [0.1, 0.15) is 28.6 Å². The van der Waals surface area contributed by atoms with Crippen LogP contribution in [-0.4, -0.2) is 30.0 Å². The molecule has 3 aromatic heterocycles. The normalized spacial score (nSPS) is 11.5. The first-order valence-corrected chi connectivity index (χ1v) is 12.3. The zero-order chi connectivity index (χ0) is 25.2. The van der Waals surface area contributed by atoms with Gasteiger partial charge in [0.1, 0.15) is 9.71 Å². The van der Waals surface area contributed by atoms with Crippen LogP contribution < -0.4 is 10.6 Å². The topological polar surface area (TPSA) is 85.5 Å². The average Bonchev–Trinajstić information content (AvgIpc) is 3.47. The van der Waals surface area contributed by atoms with Crippen LogP contribution in [0.4, 0.5) is 24.5 Å². The Morgan fingerprint density at radius 2 is 1.94 bits per heavy atom. The van der Waals surface area contributed by atoms with Crippen molar-refractivity contribution in [3.63, 3.8) is 0 Å². The third kappa shape index (κ3) is 5.30. The fraction of sp³-hybridized carbons (Fsp3) is 0.208. The van der Waals surface area contributed by atoms with Crippen molar-refractivity contribution in [2.45, 2.75) is 19.5 Å². The predicted molar refractivity (Wildman–Crippen MR) is 132 cm³/mol. The molecule has 11 heteroatoms. The largest absolute Gasteiger partial charge is 0.466 e. The maximum absolute atomic E-state index is 13.6. The number of hydrogen-bond acceptors (Lipinski definition) is 7. The van der Waals surface area contributed by atoms with Crippen molar-refractivity contribution in [3.8, 4) is 10.6 Å². The van der Waals surface area contributed by atoms with E-state index in [2.05, 4.69) is 4.98 Å². The number of nitrogens with zero attached hydrogens (tertiary/aromatic N) is 2. The van der Waals surface area contributed by atoms with Crippen molar-refractivity contribution in [1.29, 1.82) is 0 Å². The molecule has 6 nitrogen and oxygen atoms in total. The lowest BCUT2D eigenvalue weighted by Gasteiger charge is -2.23. The second-order valence-corrected chi connectivity index (χ2v) is 9.38. The lowest BCUT2D eigenvalue weighted by Crippen LogP contribution is -2.33. The zero-order valence-electron chi connectivity index (χ0n) is 18.5. The summed E-state index contributed by atoms with van der Waals surface area (Å²) in [5, 5.41) is 2.50. The molecule has 2 N–H and O–H groups in total. The molecule has 35 heavy (non-hydrogen) atoms. The summed E-state index contributed by atoms with van der Waals surface area (Å²) in [6.07, 6.45) is -4.79. The minimum atomic E-state index is -4.59. The number of fused-ring (bicyclic) bond motifs is 1. The molecule has 0 spiro atoms. The van der Waals surface area contributed by atoms with E-state index in [0.29, 0.717) is 10.2 Å². The molecule has 4 aromatic rings.